The molecule has 5 aliphatic rings. The van der Waals surface area contributed by atoms with Gasteiger partial charge in [0, 0.05) is 44.0 Å². The fourth-order valence-electron chi connectivity index (χ4n) is 10.5. The van der Waals surface area contributed by atoms with Gasteiger partial charge >= 0.3 is 17.9 Å². The molecule has 0 spiro atoms. The molecule has 1 heterocycles. The van der Waals surface area contributed by atoms with Crippen molar-refractivity contribution in [2.24, 2.45) is 34.5 Å². The Hall–Kier alpha value is -2.31. The zero-order valence-corrected chi connectivity index (χ0v) is 27.7. The normalized spacial score (nSPS) is 46.5. The van der Waals surface area contributed by atoms with E-state index in [1.807, 2.05) is 0 Å². The SMILES string of the molecule is CC(=O)O[C@@H]1[C@@H](OC(C)=O)[C@H](C)O[C@H](O[C@H]2CC[C@@]3(C)[C@H](CC[C@@H]4[C@@H]3CC[C@]3(C)[C@@H]([C@@H](C)[N+](=O)[O-])CC[C@]43O)C2)[C@@H]1OC(C)=O. The first-order valence-corrected chi connectivity index (χ1v) is 16.7. The monoisotopic (exact) mass is 637 g/mol. The van der Waals surface area contributed by atoms with Crippen molar-refractivity contribution < 1.29 is 48.1 Å². The molecule has 0 unspecified atom stereocenters. The van der Waals surface area contributed by atoms with Crippen LogP contribution in [0.4, 0.5) is 0 Å². The summed E-state index contributed by atoms with van der Waals surface area (Å²) in [5.41, 5.74) is -1.38. The van der Waals surface area contributed by atoms with Gasteiger partial charge in [0.2, 0.25) is 6.04 Å². The van der Waals surface area contributed by atoms with Crippen molar-refractivity contribution in [1.29, 1.82) is 0 Å². The number of carbonyl (C=O) groups is 3. The highest BCUT2D eigenvalue weighted by Crippen LogP contribution is 2.69. The van der Waals surface area contributed by atoms with Crippen molar-refractivity contribution in [1.82, 2.24) is 0 Å². The Bertz CT molecular complexity index is 1180. The maximum absolute atomic E-state index is 12.4. The topological polar surface area (TPSA) is 161 Å². The predicted molar refractivity (Wildman–Crippen MR) is 159 cm³/mol. The van der Waals surface area contributed by atoms with Gasteiger partial charge < -0.3 is 28.8 Å². The fourth-order valence-corrected chi connectivity index (χ4v) is 10.5. The van der Waals surface area contributed by atoms with Crippen LogP contribution in [0.5, 0.6) is 0 Å². The minimum Gasteiger partial charge on any atom is -0.456 e. The third kappa shape index (κ3) is 5.88. The number of aliphatic hydroxyl groups is 1. The first-order chi connectivity index (χ1) is 21.0. The van der Waals surface area contributed by atoms with Gasteiger partial charge in [0.25, 0.3) is 0 Å². The summed E-state index contributed by atoms with van der Waals surface area (Å²) in [7, 11) is 0. The zero-order valence-electron chi connectivity index (χ0n) is 27.7. The quantitative estimate of drug-likeness (QED) is 0.139. The van der Waals surface area contributed by atoms with Crippen LogP contribution in [0, 0.1) is 44.6 Å². The third-order valence-electron chi connectivity index (χ3n) is 12.8. The molecule has 1 aliphatic heterocycles. The first-order valence-electron chi connectivity index (χ1n) is 16.7. The Morgan fingerprint density at radius 2 is 1.49 bits per heavy atom. The van der Waals surface area contributed by atoms with Crippen LogP contribution in [0.2, 0.25) is 0 Å². The summed E-state index contributed by atoms with van der Waals surface area (Å²) in [5, 5.41) is 24.1. The molecule has 254 valence electrons. The maximum Gasteiger partial charge on any atom is 0.303 e. The van der Waals surface area contributed by atoms with Crippen LogP contribution in [0.3, 0.4) is 0 Å². The Morgan fingerprint density at radius 3 is 2.11 bits per heavy atom. The summed E-state index contributed by atoms with van der Waals surface area (Å²) >= 11 is 0. The van der Waals surface area contributed by atoms with Gasteiger partial charge in [0.05, 0.1) is 17.8 Å². The van der Waals surface area contributed by atoms with E-state index in [9.17, 15) is 29.6 Å². The first kappa shape index (κ1) is 34.0. The maximum atomic E-state index is 12.4. The third-order valence-corrected chi connectivity index (χ3v) is 12.8. The van der Waals surface area contributed by atoms with Crippen LogP contribution in [-0.4, -0.2) is 76.4 Å². The van der Waals surface area contributed by atoms with Crippen LogP contribution in [-0.2, 0) is 38.1 Å². The molecule has 0 aromatic heterocycles. The molecule has 12 heteroatoms. The van der Waals surface area contributed by atoms with E-state index < -0.39 is 65.7 Å². The van der Waals surface area contributed by atoms with E-state index in [1.54, 1.807) is 13.8 Å². The summed E-state index contributed by atoms with van der Waals surface area (Å²) in [5.74, 6) is -1.17. The highest BCUT2D eigenvalue weighted by molar-refractivity contribution is 5.68. The van der Waals surface area contributed by atoms with E-state index in [0.717, 1.165) is 44.9 Å². The van der Waals surface area contributed by atoms with E-state index in [1.165, 1.54) is 20.8 Å². The van der Waals surface area contributed by atoms with E-state index >= 15 is 0 Å². The molecule has 45 heavy (non-hydrogen) atoms. The molecule has 4 saturated carbocycles. The summed E-state index contributed by atoms with van der Waals surface area (Å²) < 4.78 is 29.2. The molecule has 5 fully saturated rings. The lowest BCUT2D eigenvalue weighted by atomic mass is 9.43. The molecule has 12 nitrogen and oxygen atoms in total. The largest absolute Gasteiger partial charge is 0.456 e. The number of hydrogen-bond donors (Lipinski definition) is 1. The summed E-state index contributed by atoms with van der Waals surface area (Å²) in [6, 6.07) is -0.676. The van der Waals surface area contributed by atoms with E-state index in [4.69, 9.17) is 23.7 Å². The van der Waals surface area contributed by atoms with Gasteiger partial charge in [-0.15, -0.1) is 0 Å². The number of rotatable bonds is 7. The van der Waals surface area contributed by atoms with E-state index in [0.29, 0.717) is 24.7 Å². The van der Waals surface area contributed by atoms with Crippen molar-refractivity contribution in [3.05, 3.63) is 10.1 Å². The molecule has 5 rings (SSSR count). The standard InChI is InChI=1S/C33H51NO11/c1-17(34(39)40)24-12-15-33(38)26-9-8-22-16-23(10-13-31(22,6)25(26)11-14-32(24,33)7)45-30-29(44-21(5)37)28(43-20(4)36)27(18(2)41-30)42-19(3)35/h17-18,22-30,38H,8-16H2,1-7H3/t17-,18+,22-,23+,24-,25+,26-,27+,28-,29-,30-,31+,32-,33+/m1/s1. The molecular formula is C33H51NO11. The number of esters is 3. The number of hydrogen-bond acceptors (Lipinski definition) is 11. The Kier molecular flexibility index (Phi) is 9.36. The molecule has 1 N–H and O–H groups in total. The number of nitro groups is 1. The zero-order chi connectivity index (χ0) is 33.1. The number of ether oxygens (including phenoxy) is 5. The lowest BCUT2D eigenvalue weighted by Crippen LogP contribution is -2.63. The van der Waals surface area contributed by atoms with Gasteiger partial charge in [-0.3, -0.25) is 24.5 Å². The highest BCUT2D eigenvalue weighted by atomic mass is 16.7. The van der Waals surface area contributed by atoms with Gasteiger partial charge in [-0.05, 0) is 87.9 Å². The number of fused-ring (bicyclic) bond motifs is 5. The summed E-state index contributed by atoms with van der Waals surface area (Å²) in [6.45, 7) is 11.6. The molecule has 0 amide bonds. The molecule has 4 aliphatic carbocycles. The van der Waals surface area contributed by atoms with E-state index in [2.05, 4.69) is 13.8 Å². The van der Waals surface area contributed by atoms with Gasteiger partial charge in [-0.1, -0.05) is 13.8 Å². The summed E-state index contributed by atoms with van der Waals surface area (Å²) in [6.07, 6.45) is 2.09. The molecule has 14 atom stereocenters. The van der Waals surface area contributed by atoms with Gasteiger partial charge in [0.15, 0.2) is 24.6 Å². The van der Waals surface area contributed by atoms with Crippen LogP contribution in [0.15, 0.2) is 0 Å². The lowest BCUT2D eigenvalue weighted by molar-refractivity contribution is -0.532. The molecule has 0 aromatic carbocycles. The smallest absolute Gasteiger partial charge is 0.303 e. The average molecular weight is 638 g/mol. The second-order valence-electron chi connectivity index (χ2n) is 15.0. The van der Waals surface area contributed by atoms with E-state index in [-0.39, 0.29) is 28.3 Å². The second kappa shape index (κ2) is 12.4. The molecule has 0 aromatic rings. The highest BCUT2D eigenvalue weighted by Gasteiger charge is 2.69. The lowest BCUT2D eigenvalue weighted by Gasteiger charge is -2.63. The van der Waals surface area contributed by atoms with Crippen LogP contribution in [0.25, 0.3) is 0 Å². The van der Waals surface area contributed by atoms with Gasteiger partial charge in [-0.2, -0.15) is 0 Å². The second-order valence-corrected chi connectivity index (χ2v) is 15.0. The minimum absolute atomic E-state index is 0.0106. The molecule has 0 radical (unpaired) electrons. The number of nitrogens with zero attached hydrogens (tertiary/aromatic N) is 1. The predicted octanol–water partition coefficient (Wildman–Crippen LogP) is 4.35. The number of carbonyl (C=O) groups excluding carboxylic acids is 3. The van der Waals surface area contributed by atoms with Crippen molar-refractivity contribution >= 4 is 17.9 Å². The van der Waals surface area contributed by atoms with Gasteiger partial charge in [0.1, 0.15) is 0 Å². The molecule has 0 bridgehead atoms. The van der Waals surface area contributed by atoms with Gasteiger partial charge in [-0.25, -0.2) is 0 Å². The van der Waals surface area contributed by atoms with Crippen molar-refractivity contribution in [3.8, 4) is 0 Å². The fraction of sp³-hybridized carbons (Fsp3) is 0.909. The van der Waals surface area contributed by atoms with Crippen molar-refractivity contribution in [2.45, 2.75) is 155 Å². The molecule has 1 saturated heterocycles. The average Bonchev–Trinajstić information content (AvgIpc) is 3.22. The Balaban J connectivity index is 1.31. The van der Waals surface area contributed by atoms with Crippen LogP contribution in [0.1, 0.15) is 106 Å². The Morgan fingerprint density at radius 1 is 0.867 bits per heavy atom. The molecular weight excluding hydrogens is 586 g/mol. The summed E-state index contributed by atoms with van der Waals surface area (Å²) in [4.78, 5) is 47.6. The van der Waals surface area contributed by atoms with Crippen LogP contribution < -0.4 is 0 Å². The van der Waals surface area contributed by atoms with Crippen molar-refractivity contribution in [2.75, 3.05) is 0 Å². The Labute approximate surface area is 265 Å². The minimum atomic E-state index is -1.13. The van der Waals surface area contributed by atoms with Crippen LogP contribution >= 0.6 is 0 Å². The van der Waals surface area contributed by atoms with Crippen molar-refractivity contribution in [3.63, 3.8) is 0 Å².